The molecule has 1 heterocycles. The summed E-state index contributed by atoms with van der Waals surface area (Å²) < 4.78 is 13.3. The Balaban J connectivity index is 1.75. The average Bonchev–Trinajstić information content (AvgIpc) is 2.26. The summed E-state index contributed by atoms with van der Waals surface area (Å²) in [5.41, 5.74) is 6.11. The molecule has 0 bridgehead atoms. The van der Waals surface area contributed by atoms with Gasteiger partial charge in [-0.2, -0.15) is 0 Å². The molecule has 3 N–H and O–H groups in total. The summed E-state index contributed by atoms with van der Waals surface area (Å²) in [6, 6.07) is 6.61. The number of nitrogens with zero attached hydrogens (tertiary/aromatic N) is 1. The first-order chi connectivity index (χ1) is 8.15. The maximum absolute atomic E-state index is 13.3. The molecule has 0 saturated carbocycles. The third kappa shape index (κ3) is 3.25. The molecule has 5 heteroatoms. The van der Waals surface area contributed by atoms with Gasteiger partial charge in [-0.1, -0.05) is 18.2 Å². The van der Waals surface area contributed by atoms with Gasteiger partial charge < -0.3 is 11.1 Å². The molecule has 1 aromatic carbocycles. The summed E-state index contributed by atoms with van der Waals surface area (Å²) in [6.45, 7) is 2.08. The van der Waals surface area contributed by atoms with Crippen LogP contribution in [0.25, 0.3) is 0 Å². The van der Waals surface area contributed by atoms with Gasteiger partial charge in [-0.25, -0.2) is 4.39 Å². The molecular weight excluding hydrogens is 221 g/mol. The van der Waals surface area contributed by atoms with Crippen LogP contribution >= 0.6 is 0 Å². The monoisotopic (exact) mass is 237 g/mol. The van der Waals surface area contributed by atoms with Crippen molar-refractivity contribution in [1.29, 1.82) is 0 Å². The third-order valence-corrected chi connectivity index (χ3v) is 2.79. The molecule has 2 rings (SSSR count). The van der Waals surface area contributed by atoms with E-state index in [9.17, 15) is 9.18 Å². The lowest BCUT2D eigenvalue weighted by Gasteiger charge is -2.36. The van der Waals surface area contributed by atoms with Crippen molar-refractivity contribution in [2.45, 2.75) is 12.6 Å². The quantitative estimate of drug-likeness (QED) is 0.780. The summed E-state index contributed by atoms with van der Waals surface area (Å²) in [7, 11) is 0. The second-order valence-corrected chi connectivity index (χ2v) is 4.32. The first kappa shape index (κ1) is 12.0. The van der Waals surface area contributed by atoms with E-state index in [-0.39, 0.29) is 24.3 Å². The van der Waals surface area contributed by atoms with E-state index < -0.39 is 0 Å². The van der Waals surface area contributed by atoms with Crippen LogP contribution in [0, 0.1) is 5.82 Å². The predicted molar refractivity (Wildman–Crippen MR) is 62.7 cm³/mol. The maximum Gasteiger partial charge on any atom is 0.234 e. The van der Waals surface area contributed by atoms with Crippen molar-refractivity contribution in [3.05, 3.63) is 35.6 Å². The number of halogens is 1. The van der Waals surface area contributed by atoms with Gasteiger partial charge in [-0.3, -0.25) is 9.69 Å². The van der Waals surface area contributed by atoms with Crippen LogP contribution in [-0.4, -0.2) is 36.5 Å². The molecule has 1 aliphatic rings. The number of nitrogens with one attached hydrogen (secondary N) is 1. The molecule has 1 amide bonds. The van der Waals surface area contributed by atoms with E-state index in [2.05, 4.69) is 5.32 Å². The summed E-state index contributed by atoms with van der Waals surface area (Å²) in [5, 5.41) is 2.69. The second kappa shape index (κ2) is 5.25. The SMILES string of the molecule is NC1CN(CC(=O)NCc2ccccc2F)C1. The zero-order chi connectivity index (χ0) is 12.3. The van der Waals surface area contributed by atoms with Gasteiger partial charge in [-0.05, 0) is 6.07 Å². The number of hydrogen-bond acceptors (Lipinski definition) is 3. The number of carbonyl (C=O) groups excluding carboxylic acids is 1. The minimum absolute atomic E-state index is 0.0971. The van der Waals surface area contributed by atoms with Crippen LogP contribution < -0.4 is 11.1 Å². The highest BCUT2D eigenvalue weighted by atomic mass is 19.1. The second-order valence-electron chi connectivity index (χ2n) is 4.32. The summed E-state index contributed by atoms with van der Waals surface area (Å²) in [4.78, 5) is 13.5. The summed E-state index contributed by atoms with van der Waals surface area (Å²) in [5.74, 6) is -0.390. The van der Waals surface area contributed by atoms with Gasteiger partial charge in [0.25, 0.3) is 0 Å². The van der Waals surface area contributed by atoms with E-state index >= 15 is 0 Å². The van der Waals surface area contributed by atoms with Gasteiger partial charge in [0.1, 0.15) is 5.82 Å². The largest absolute Gasteiger partial charge is 0.351 e. The van der Waals surface area contributed by atoms with E-state index in [1.165, 1.54) is 6.07 Å². The number of hydrogen-bond donors (Lipinski definition) is 2. The standard InChI is InChI=1S/C12H16FN3O/c13-11-4-2-1-3-9(11)5-15-12(17)8-16-6-10(14)7-16/h1-4,10H,5-8,14H2,(H,15,17). The van der Waals surface area contributed by atoms with Crippen LogP contribution in [0.1, 0.15) is 5.56 Å². The van der Waals surface area contributed by atoms with Gasteiger partial charge in [0, 0.05) is 31.2 Å². The lowest BCUT2D eigenvalue weighted by molar-refractivity contribution is -0.123. The molecule has 1 saturated heterocycles. The van der Waals surface area contributed by atoms with Gasteiger partial charge in [0.2, 0.25) is 5.91 Å². The smallest absolute Gasteiger partial charge is 0.234 e. The Morgan fingerprint density at radius 2 is 2.18 bits per heavy atom. The Morgan fingerprint density at radius 1 is 1.47 bits per heavy atom. The molecule has 92 valence electrons. The fourth-order valence-corrected chi connectivity index (χ4v) is 1.83. The van der Waals surface area contributed by atoms with Crippen molar-refractivity contribution in [3.8, 4) is 0 Å². The first-order valence-electron chi connectivity index (χ1n) is 5.63. The molecule has 0 spiro atoms. The number of carbonyl (C=O) groups is 1. The van der Waals surface area contributed by atoms with Crippen molar-refractivity contribution in [2.75, 3.05) is 19.6 Å². The molecule has 0 aromatic heterocycles. The molecular formula is C12H16FN3O. The van der Waals surface area contributed by atoms with E-state index in [4.69, 9.17) is 5.73 Å². The van der Waals surface area contributed by atoms with E-state index in [1.54, 1.807) is 18.2 Å². The molecule has 1 aromatic rings. The fourth-order valence-electron chi connectivity index (χ4n) is 1.83. The van der Waals surface area contributed by atoms with Crippen molar-refractivity contribution >= 4 is 5.91 Å². The number of benzene rings is 1. The summed E-state index contributed by atoms with van der Waals surface area (Å²) >= 11 is 0. The molecule has 1 aliphatic heterocycles. The van der Waals surface area contributed by atoms with Crippen LogP contribution in [0.3, 0.4) is 0 Å². The van der Waals surface area contributed by atoms with Crippen LogP contribution in [0.2, 0.25) is 0 Å². The number of amides is 1. The van der Waals surface area contributed by atoms with Crippen molar-refractivity contribution in [1.82, 2.24) is 10.2 Å². The lowest BCUT2D eigenvalue weighted by atomic mass is 10.1. The zero-order valence-corrected chi connectivity index (χ0v) is 9.53. The van der Waals surface area contributed by atoms with Gasteiger partial charge in [0.05, 0.1) is 6.54 Å². The van der Waals surface area contributed by atoms with Crippen LogP contribution in [0.4, 0.5) is 4.39 Å². The van der Waals surface area contributed by atoms with E-state index in [0.29, 0.717) is 12.1 Å². The highest BCUT2D eigenvalue weighted by molar-refractivity contribution is 5.78. The van der Waals surface area contributed by atoms with Crippen LogP contribution in [-0.2, 0) is 11.3 Å². The van der Waals surface area contributed by atoms with Crippen molar-refractivity contribution in [2.24, 2.45) is 5.73 Å². The van der Waals surface area contributed by atoms with Gasteiger partial charge >= 0.3 is 0 Å². The van der Waals surface area contributed by atoms with Crippen molar-refractivity contribution in [3.63, 3.8) is 0 Å². The van der Waals surface area contributed by atoms with Crippen LogP contribution in [0.5, 0.6) is 0 Å². The number of rotatable bonds is 4. The van der Waals surface area contributed by atoms with E-state index in [0.717, 1.165) is 13.1 Å². The Labute approximate surface area is 99.6 Å². The van der Waals surface area contributed by atoms with E-state index in [1.807, 2.05) is 4.90 Å². The highest BCUT2D eigenvalue weighted by Gasteiger charge is 2.24. The minimum atomic E-state index is -0.293. The predicted octanol–water partition coefficient (Wildman–Crippen LogP) is 0.0848. The Hall–Kier alpha value is -1.46. The number of nitrogens with two attached hydrogens (primary N) is 1. The first-order valence-corrected chi connectivity index (χ1v) is 5.63. The number of likely N-dealkylation sites (tertiary alicyclic amines) is 1. The molecule has 0 aliphatic carbocycles. The van der Waals surface area contributed by atoms with Gasteiger partial charge in [0.15, 0.2) is 0 Å². The molecule has 4 nitrogen and oxygen atoms in total. The topological polar surface area (TPSA) is 58.4 Å². The van der Waals surface area contributed by atoms with Crippen LogP contribution in [0.15, 0.2) is 24.3 Å². The molecule has 0 atom stereocenters. The van der Waals surface area contributed by atoms with Gasteiger partial charge in [-0.15, -0.1) is 0 Å². The Kier molecular flexibility index (Phi) is 3.71. The highest BCUT2D eigenvalue weighted by Crippen LogP contribution is 2.06. The van der Waals surface area contributed by atoms with Crippen molar-refractivity contribution < 1.29 is 9.18 Å². The molecule has 1 fully saturated rings. The Bertz CT molecular complexity index is 404. The summed E-state index contributed by atoms with van der Waals surface area (Å²) in [6.07, 6.45) is 0. The molecule has 0 radical (unpaired) electrons. The molecule has 17 heavy (non-hydrogen) atoms. The molecule has 0 unspecified atom stereocenters. The third-order valence-electron chi connectivity index (χ3n) is 2.79. The average molecular weight is 237 g/mol. The minimum Gasteiger partial charge on any atom is -0.351 e. The maximum atomic E-state index is 13.3. The normalized spacial score (nSPS) is 16.6. The Morgan fingerprint density at radius 3 is 2.82 bits per heavy atom. The zero-order valence-electron chi connectivity index (χ0n) is 9.53. The fraction of sp³-hybridized carbons (Fsp3) is 0.417. The lowest BCUT2D eigenvalue weighted by Crippen LogP contribution is -2.57.